The Balaban J connectivity index is 1.93. The Morgan fingerprint density at radius 2 is 2.18 bits per heavy atom. The molecule has 6 nitrogen and oxygen atoms in total. The molecule has 0 bridgehead atoms. The van der Waals surface area contributed by atoms with Crippen LogP contribution in [0.5, 0.6) is 0 Å². The zero-order valence-electron chi connectivity index (χ0n) is 12.9. The SMILES string of the molecule is Cc1cn[nH]c1C1CCCCN1C(=O)c1ccc(=O)n(C)c1. The van der Waals surface area contributed by atoms with Crippen LogP contribution in [0.15, 0.2) is 29.3 Å². The molecule has 1 unspecified atom stereocenters. The van der Waals surface area contributed by atoms with Gasteiger partial charge in [-0.3, -0.25) is 14.7 Å². The predicted molar refractivity (Wildman–Crippen MR) is 82.6 cm³/mol. The Labute approximate surface area is 128 Å². The third-order valence-corrected chi connectivity index (χ3v) is 4.30. The number of piperidine rings is 1. The van der Waals surface area contributed by atoms with Crippen LogP contribution < -0.4 is 5.56 Å². The van der Waals surface area contributed by atoms with Crippen molar-refractivity contribution >= 4 is 5.91 Å². The molecule has 1 amide bonds. The van der Waals surface area contributed by atoms with Gasteiger partial charge in [-0.15, -0.1) is 0 Å². The summed E-state index contributed by atoms with van der Waals surface area (Å²) in [6, 6.07) is 3.07. The molecule has 6 heteroatoms. The summed E-state index contributed by atoms with van der Waals surface area (Å²) in [6.07, 6.45) is 6.43. The third-order valence-electron chi connectivity index (χ3n) is 4.30. The number of nitrogens with zero attached hydrogens (tertiary/aromatic N) is 3. The van der Waals surface area contributed by atoms with Gasteiger partial charge in [0.1, 0.15) is 0 Å². The summed E-state index contributed by atoms with van der Waals surface area (Å²) >= 11 is 0. The lowest BCUT2D eigenvalue weighted by atomic mass is 9.96. The van der Waals surface area contributed by atoms with Crippen molar-refractivity contribution in [3.8, 4) is 0 Å². The van der Waals surface area contributed by atoms with Crippen LogP contribution in [-0.4, -0.2) is 32.1 Å². The standard InChI is InChI=1S/C16H20N4O2/c1-11-9-17-18-15(11)13-5-3-4-8-20(13)16(22)12-6-7-14(21)19(2)10-12/h6-7,9-10,13H,3-5,8H2,1-2H3,(H,17,18). The zero-order valence-corrected chi connectivity index (χ0v) is 12.9. The maximum atomic E-state index is 12.9. The average molecular weight is 300 g/mol. The molecule has 1 fully saturated rings. The van der Waals surface area contributed by atoms with Crippen molar-refractivity contribution in [2.45, 2.75) is 32.2 Å². The van der Waals surface area contributed by atoms with Gasteiger partial charge >= 0.3 is 0 Å². The molecule has 2 aromatic heterocycles. The van der Waals surface area contributed by atoms with Gasteiger partial charge in [-0.05, 0) is 37.8 Å². The second-order valence-corrected chi connectivity index (χ2v) is 5.84. The molecule has 0 aromatic carbocycles. The molecule has 1 N–H and O–H groups in total. The van der Waals surface area contributed by atoms with E-state index >= 15 is 0 Å². The lowest BCUT2D eigenvalue weighted by Gasteiger charge is -2.35. The summed E-state index contributed by atoms with van der Waals surface area (Å²) in [7, 11) is 1.66. The van der Waals surface area contributed by atoms with Gasteiger partial charge in [0.05, 0.1) is 23.5 Å². The maximum absolute atomic E-state index is 12.9. The number of aromatic amines is 1. The molecule has 1 atom stereocenters. The lowest BCUT2D eigenvalue weighted by Crippen LogP contribution is -2.39. The fourth-order valence-corrected chi connectivity index (χ4v) is 3.05. The van der Waals surface area contributed by atoms with Crippen molar-refractivity contribution in [2.75, 3.05) is 6.54 Å². The van der Waals surface area contributed by atoms with E-state index in [1.165, 1.54) is 10.6 Å². The molecule has 0 aliphatic carbocycles. The fraction of sp³-hybridized carbons (Fsp3) is 0.438. The van der Waals surface area contributed by atoms with Crippen LogP contribution in [0.2, 0.25) is 0 Å². The van der Waals surface area contributed by atoms with E-state index in [0.717, 1.165) is 37.1 Å². The van der Waals surface area contributed by atoms with Crippen LogP contribution in [-0.2, 0) is 7.05 Å². The molecular weight excluding hydrogens is 280 g/mol. The number of hydrogen-bond donors (Lipinski definition) is 1. The van der Waals surface area contributed by atoms with E-state index in [0.29, 0.717) is 5.56 Å². The highest BCUT2D eigenvalue weighted by atomic mass is 16.2. The number of amides is 1. The van der Waals surface area contributed by atoms with Gasteiger partial charge in [0.15, 0.2) is 0 Å². The van der Waals surface area contributed by atoms with Crippen molar-refractivity contribution < 1.29 is 4.79 Å². The van der Waals surface area contributed by atoms with Crippen molar-refractivity contribution in [1.82, 2.24) is 19.7 Å². The van der Waals surface area contributed by atoms with E-state index in [1.807, 2.05) is 11.8 Å². The number of H-pyrrole nitrogens is 1. The van der Waals surface area contributed by atoms with E-state index in [2.05, 4.69) is 10.2 Å². The Bertz CT molecular complexity index is 747. The molecule has 0 radical (unpaired) electrons. The van der Waals surface area contributed by atoms with Crippen molar-refractivity contribution in [2.24, 2.45) is 7.05 Å². The quantitative estimate of drug-likeness (QED) is 0.919. The van der Waals surface area contributed by atoms with Crippen LogP contribution in [0.25, 0.3) is 0 Å². The molecule has 22 heavy (non-hydrogen) atoms. The molecule has 1 saturated heterocycles. The minimum absolute atomic E-state index is 0.0287. The van der Waals surface area contributed by atoms with Gasteiger partial charge in [0, 0.05) is 25.9 Å². The van der Waals surface area contributed by atoms with E-state index in [-0.39, 0.29) is 17.5 Å². The maximum Gasteiger partial charge on any atom is 0.255 e. The second kappa shape index (κ2) is 5.79. The Hall–Kier alpha value is -2.37. The number of pyridine rings is 1. The summed E-state index contributed by atoms with van der Waals surface area (Å²) in [5, 5.41) is 7.11. The smallest absolute Gasteiger partial charge is 0.255 e. The molecule has 2 aromatic rings. The van der Waals surface area contributed by atoms with Crippen LogP contribution in [0.3, 0.4) is 0 Å². The number of hydrogen-bond acceptors (Lipinski definition) is 3. The number of rotatable bonds is 2. The van der Waals surface area contributed by atoms with Gasteiger partial charge < -0.3 is 9.47 Å². The van der Waals surface area contributed by atoms with Crippen LogP contribution in [0, 0.1) is 6.92 Å². The van der Waals surface area contributed by atoms with E-state index in [1.54, 1.807) is 25.5 Å². The van der Waals surface area contributed by atoms with Crippen molar-refractivity contribution in [3.05, 3.63) is 51.7 Å². The summed E-state index contributed by atoms with van der Waals surface area (Å²) in [5.74, 6) is -0.0331. The normalized spacial score (nSPS) is 18.5. The first-order valence-corrected chi connectivity index (χ1v) is 7.55. The average Bonchev–Trinajstić information content (AvgIpc) is 2.95. The number of aryl methyl sites for hydroxylation is 2. The first-order chi connectivity index (χ1) is 10.6. The third kappa shape index (κ3) is 2.56. The highest BCUT2D eigenvalue weighted by Gasteiger charge is 2.30. The summed E-state index contributed by atoms with van der Waals surface area (Å²) in [5.41, 5.74) is 2.52. The largest absolute Gasteiger partial charge is 0.330 e. The van der Waals surface area contributed by atoms with Gasteiger partial charge in [-0.2, -0.15) is 5.10 Å². The number of carbonyl (C=O) groups excluding carboxylic acids is 1. The Kier molecular flexibility index (Phi) is 3.83. The molecule has 0 saturated carbocycles. The molecule has 116 valence electrons. The van der Waals surface area contributed by atoms with Crippen LogP contribution in [0.1, 0.15) is 46.9 Å². The lowest BCUT2D eigenvalue weighted by molar-refractivity contribution is 0.0604. The molecule has 0 spiro atoms. The van der Waals surface area contributed by atoms with Gasteiger partial charge in [-0.1, -0.05) is 0 Å². The van der Waals surface area contributed by atoms with Crippen LogP contribution in [0.4, 0.5) is 0 Å². The Morgan fingerprint density at radius 3 is 2.86 bits per heavy atom. The number of likely N-dealkylation sites (tertiary alicyclic amines) is 1. The molecule has 1 aliphatic heterocycles. The van der Waals surface area contributed by atoms with Gasteiger partial charge in [0.2, 0.25) is 5.56 Å². The summed E-state index contributed by atoms with van der Waals surface area (Å²) in [4.78, 5) is 26.2. The summed E-state index contributed by atoms with van der Waals surface area (Å²) < 4.78 is 1.44. The van der Waals surface area contributed by atoms with Crippen LogP contribution >= 0.6 is 0 Å². The minimum atomic E-state index is -0.115. The van der Waals surface area contributed by atoms with Crippen molar-refractivity contribution in [3.63, 3.8) is 0 Å². The fourth-order valence-electron chi connectivity index (χ4n) is 3.05. The number of carbonyl (C=O) groups is 1. The monoisotopic (exact) mass is 300 g/mol. The molecule has 3 heterocycles. The first-order valence-electron chi connectivity index (χ1n) is 7.55. The second-order valence-electron chi connectivity index (χ2n) is 5.84. The zero-order chi connectivity index (χ0) is 15.7. The van der Waals surface area contributed by atoms with E-state index in [4.69, 9.17) is 0 Å². The van der Waals surface area contributed by atoms with E-state index < -0.39 is 0 Å². The minimum Gasteiger partial charge on any atom is -0.330 e. The topological polar surface area (TPSA) is 71.0 Å². The number of nitrogens with one attached hydrogen (secondary N) is 1. The highest BCUT2D eigenvalue weighted by molar-refractivity contribution is 5.94. The molecule has 3 rings (SSSR count). The Morgan fingerprint density at radius 1 is 1.36 bits per heavy atom. The van der Waals surface area contributed by atoms with Gasteiger partial charge in [-0.25, -0.2) is 0 Å². The molecular formula is C16H20N4O2. The van der Waals surface area contributed by atoms with Crippen molar-refractivity contribution in [1.29, 1.82) is 0 Å². The summed E-state index contributed by atoms with van der Waals surface area (Å²) in [6.45, 7) is 2.73. The molecule has 1 aliphatic rings. The van der Waals surface area contributed by atoms with E-state index in [9.17, 15) is 9.59 Å². The van der Waals surface area contributed by atoms with Gasteiger partial charge in [0.25, 0.3) is 5.91 Å². The number of aromatic nitrogens is 3. The predicted octanol–water partition coefficient (Wildman–Crippen LogP) is 1.78. The first kappa shape index (κ1) is 14.6. The highest BCUT2D eigenvalue weighted by Crippen LogP contribution is 2.32.